The van der Waals surface area contributed by atoms with Crippen LogP contribution in [0.4, 0.5) is 5.69 Å². The van der Waals surface area contributed by atoms with E-state index in [1.54, 1.807) is 0 Å². The van der Waals surface area contributed by atoms with E-state index in [1.807, 2.05) is 40.2 Å². The van der Waals surface area contributed by atoms with Gasteiger partial charge in [0.05, 0.1) is 17.7 Å². The lowest BCUT2D eigenvalue weighted by molar-refractivity contribution is -0.132. The molecule has 3 heterocycles. The number of nitrogens with one attached hydrogen (secondary N) is 1. The maximum Gasteiger partial charge on any atom is 0.338 e. The Morgan fingerprint density at radius 3 is 2.59 bits per heavy atom. The molecule has 1 fully saturated rings. The molecule has 1 amide bonds. The molecule has 34 heavy (non-hydrogen) atoms. The van der Waals surface area contributed by atoms with Crippen molar-refractivity contribution in [1.29, 1.82) is 0 Å². The molecule has 0 aromatic heterocycles. The lowest BCUT2D eigenvalue weighted by Gasteiger charge is -2.36. The van der Waals surface area contributed by atoms with E-state index in [0.717, 1.165) is 49.5 Å². The summed E-state index contributed by atoms with van der Waals surface area (Å²) in [6.07, 6.45) is 0.411. The second-order valence-electron chi connectivity index (χ2n) is 9.22. The average molecular weight is 463 g/mol. The van der Waals surface area contributed by atoms with Gasteiger partial charge >= 0.3 is 5.97 Å². The smallest absolute Gasteiger partial charge is 0.338 e. The first-order valence-corrected chi connectivity index (χ1v) is 11.8. The van der Waals surface area contributed by atoms with Crippen molar-refractivity contribution in [2.24, 2.45) is 10.3 Å². The number of fused-ring (bicyclic) bond motifs is 1. The monoisotopic (exact) mass is 462 g/mol. The topological polar surface area (TPSA) is 89.8 Å². The number of cyclic esters (lactones) is 1. The Labute approximate surface area is 199 Å². The molecule has 9 heteroatoms. The Bertz CT molecular complexity index is 1100. The number of benzene rings is 2. The van der Waals surface area contributed by atoms with Crippen molar-refractivity contribution >= 4 is 17.6 Å². The molecule has 3 aliphatic rings. The lowest BCUT2D eigenvalue weighted by Crippen LogP contribution is -2.49. The van der Waals surface area contributed by atoms with E-state index in [9.17, 15) is 9.59 Å². The Hall–Kier alpha value is -3.46. The molecule has 2 aromatic rings. The Morgan fingerprint density at radius 2 is 1.88 bits per heavy atom. The van der Waals surface area contributed by atoms with Crippen LogP contribution in [0.3, 0.4) is 0 Å². The van der Waals surface area contributed by atoms with Gasteiger partial charge in [0.15, 0.2) is 6.67 Å². The van der Waals surface area contributed by atoms with E-state index in [4.69, 9.17) is 4.74 Å². The third-order valence-electron chi connectivity index (χ3n) is 7.04. The number of carbonyl (C=O) groups is 2. The summed E-state index contributed by atoms with van der Waals surface area (Å²) in [6, 6.07) is 11.9. The average Bonchev–Trinajstić information content (AvgIpc) is 3.51. The van der Waals surface area contributed by atoms with Crippen LogP contribution in [0, 0.1) is 6.92 Å². The van der Waals surface area contributed by atoms with Gasteiger partial charge in [-0.25, -0.2) is 9.80 Å². The summed E-state index contributed by atoms with van der Waals surface area (Å²) in [4.78, 5) is 29.1. The number of anilines is 1. The number of hydrogen-bond acceptors (Lipinski definition) is 8. The van der Waals surface area contributed by atoms with Crippen LogP contribution in [0.1, 0.15) is 45.5 Å². The highest BCUT2D eigenvalue weighted by molar-refractivity contribution is 5.94. The molecule has 0 aliphatic carbocycles. The maximum atomic E-state index is 12.9. The van der Waals surface area contributed by atoms with Crippen molar-refractivity contribution in [3.8, 4) is 0 Å². The van der Waals surface area contributed by atoms with E-state index in [-0.39, 0.29) is 11.9 Å². The summed E-state index contributed by atoms with van der Waals surface area (Å²) in [5.74, 6) is 0.292. The number of amides is 1. The summed E-state index contributed by atoms with van der Waals surface area (Å²) in [5.41, 5.74) is 8.97. The maximum absolute atomic E-state index is 12.9. The predicted octanol–water partition coefficient (Wildman–Crippen LogP) is 2.81. The van der Waals surface area contributed by atoms with Gasteiger partial charge in [0.1, 0.15) is 6.61 Å². The van der Waals surface area contributed by atoms with Crippen LogP contribution in [0.2, 0.25) is 0 Å². The molecule has 178 valence electrons. The molecular formula is C25H30N6O3. The summed E-state index contributed by atoms with van der Waals surface area (Å²) in [6.45, 7) is 9.34. The highest BCUT2D eigenvalue weighted by Gasteiger charge is 2.27. The van der Waals surface area contributed by atoms with Crippen molar-refractivity contribution in [3.05, 3.63) is 64.2 Å². The van der Waals surface area contributed by atoms with Crippen molar-refractivity contribution in [3.63, 3.8) is 0 Å². The van der Waals surface area contributed by atoms with Crippen LogP contribution in [0.5, 0.6) is 0 Å². The van der Waals surface area contributed by atoms with Gasteiger partial charge in [0.2, 0.25) is 5.91 Å². The van der Waals surface area contributed by atoms with Crippen LogP contribution < -0.4 is 10.5 Å². The minimum atomic E-state index is -0.218. The first-order chi connectivity index (χ1) is 16.5. The minimum Gasteiger partial charge on any atom is -0.457 e. The van der Waals surface area contributed by atoms with Crippen molar-refractivity contribution < 1.29 is 14.3 Å². The molecule has 3 aliphatic heterocycles. The number of hydrazine groups is 1. The summed E-state index contributed by atoms with van der Waals surface area (Å²) >= 11 is 0. The lowest BCUT2D eigenvalue weighted by atomic mass is 9.90. The second kappa shape index (κ2) is 9.42. The van der Waals surface area contributed by atoms with E-state index >= 15 is 0 Å². The molecule has 0 spiro atoms. The number of piperazine rings is 1. The van der Waals surface area contributed by atoms with Gasteiger partial charge in [0, 0.05) is 38.3 Å². The van der Waals surface area contributed by atoms with E-state index in [1.165, 1.54) is 11.1 Å². The quantitative estimate of drug-likeness (QED) is 0.664. The fraction of sp³-hybridized carbons (Fsp3) is 0.440. The highest BCUT2D eigenvalue weighted by Crippen LogP contribution is 2.30. The third kappa shape index (κ3) is 4.48. The van der Waals surface area contributed by atoms with Gasteiger partial charge < -0.3 is 9.64 Å². The summed E-state index contributed by atoms with van der Waals surface area (Å²) in [5, 5.41) is 9.48. The van der Waals surface area contributed by atoms with Crippen LogP contribution in [-0.2, 0) is 22.6 Å². The first-order valence-electron chi connectivity index (χ1n) is 11.8. The molecule has 1 saturated heterocycles. The molecule has 1 atom stereocenters. The number of nitrogens with zero attached hydrogens (tertiary/aromatic N) is 5. The second-order valence-corrected chi connectivity index (χ2v) is 9.22. The van der Waals surface area contributed by atoms with Crippen molar-refractivity contribution in [2.45, 2.75) is 32.8 Å². The zero-order valence-corrected chi connectivity index (χ0v) is 19.7. The van der Waals surface area contributed by atoms with Crippen molar-refractivity contribution in [1.82, 2.24) is 15.3 Å². The van der Waals surface area contributed by atoms with E-state index < -0.39 is 0 Å². The molecule has 2 aromatic carbocycles. The Kier molecular flexibility index (Phi) is 6.19. The summed E-state index contributed by atoms with van der Waals surface area (Å²) in [7, 11) is 0. The Morgan fingerprint density at radius 1 is 1.12 bits per heavy atom. The van der Waals surface area contributed by atoms with Crippen molar-refractivity contribution in [2.75, 3.05) is 44.4 Å². The molecule has 9 nitrogen and oxygen atoms in total. The van der Waals surface area contributed by atoms with Gasteiger partial charge in [-0.05, 0) is 47.7 Å². The number of hydrogen-bond donors (Lipinski definition) is 1. The zero-order valence-electron chi connectivity index (χ0n) is 19.7. The molecular weight excluding hydrogens is 432 g/mol. The zero-order chi connectivity index (χ0) is 23.7. The Balaban J connectivity index is 1.11. The third-order valence-corrected chi connectivity index (χ3v) is 7.04. The fourth-order valence-corrected chi connectivity index (χ4v) is 5.00. The van der Waals surface area contributed by atoms with Crippen LogP contribution in [-0.4, -0.2) is 61.1 Å². The molecule has 5 rings (SSSR count). The summed E-state index contributed by atoms with van der Waals surface area (Å²) < 4.78 is 5.20. The molecule has 1 unspecified atom stereocenters. The number of rotatable bonds is 6. The van der Waals surface area contributed by atoms with Crippen LogP contribution in [0.25, 0.3) is 0 Å². The molecule has 0 saturated carbocycles. The van der Waals surface area contributed by atoms with Crippen LogP contribution in [0.15, 0.2) is 46.7 Å². The molecule has 1 N–H and O–H groups in total. The SMILES string of the molecule is Cc1c(C(C)CN2CCN(C(=O)Cc3ccc(N4CN=NN4)cc3)CC2)ccc2c1COC2=O. The minimum absolute atomic E-state index is 0.170. The van der Waals surface area contributed by atoms with Gasteiger partial charge in [-0.1, -0.05) is 30.3 Å². The predicted molar refractivity (Wildman–Crippen MR) is 127 cm³/mol. The largest absolute Gasteiger partial charge is 0.457 e. The van der Waals surface area contributed by atoms with E-state index in [0.29, 0.717) is 31.2 Å². The number of ether oxygens (including phenoxy) is 1. The standard InChI is InChI=1S/C25H30N6O3/c1-17(21-7-8-22-23(18(21)2)15-34-25(22)33)14-29-9-11-30(12-10-29)24(32)13-19-3-5-20(6-4-19)31-16-26-27-28-31/h3-8,17H,9-16H2,1-2H3,(H,26,28). The molecule has 0 bridgehead atoms. The van der Waals surface area contributed by atoms with Gasteiger partial charge in [-0.2, -0.15) is 5.53 Å². The van der Waals surface area contributed by atoms with E-state index in [2.05, 4.69) is 40.7 Å². The first kappa shape index (κ1) is 22.3. The normalized spacial score (nSPS) is 18.6. The molecule has 0 radical (unpaired) electrons. The highest BCUT2D eigenvalue weighted by atomic mass is 16.5. The fourth-order valence-electron chi connectivity index (χ4n) is 5.00. The van der Waals surface area contributed by atoms with Crippen LogP contribution >= 0.6 is 0 Å². The van der Waals surface area contributed by atoms with Gasteiger partial charge in [-0.15, -0.1) is 5.11 Å². The van der Waals surface area contributed by atoms with Gasteiger partial charge in [0.25, 0.3) is 0 Å². The van der Waals surface area contributed by atoms with Gasteiger partial charge in [-0.3, -0.25) is 9.69 Å². The number of carbonyl (C=O) groups excluding carboxylic acids is 2. The number of esters is 1.